The normalized spacial score (nSPS) is 12.0. The van der Waals surface area contributed by atoms with Gasteiger partial charge in [0.15, 0.2) is 0 Å². The van der Waals surface area contributed by atoms with Gasteiger partial charge >= 0.3 is 0 Å². The highest BCUT2D eigenvalue weighted by Crippen LogP contribution is 2.26. The molecule has 0 unspecified atom stereocenters. The highest BCUT2D eigenvalue weighted by Gasteiger charge is 2.22. The van der Waals surface area contributed by atoms with Crippen molar-refractivity contribution in [3.63, 3.8) is 0 Å². The van der Waals surface area contributed by atoms with Gasteiger partial charge in [-0.3, -0.25) is 9.10 Å². The Balaban J connectivity index is 2.18. The largest absolute Gasteiger partial charge is 0.271 e. The number of sulfonamides is 1. The average molecular weight is 520 g/mol. The molecule has 0 radical (unpaired) electrons. The van der Waals surface area contributed by atoms with E-state index >= 15 is 0 Å². The molecule has 9 heteroatoms. The van der Waals surface area contributed by atoms with Crippen LogP contribution in [0.2, 0.25) is 5.02 Å². The van der Waals surface area contributed by atoms with Crippen LogP contribution in [0.1, 0.15) is 18.1 Å². The first-order chi connectivity index (χ1) is 12.6. The molecule has 0 atom stereocenters. The van der Waals surface area contributed by atoms with Crippen LogP contribution >= 0.6 is 34.2 Å². The summed E-state index contributed by atoms with van der Waals surface area (Å²) in [6.45, 7) is 3.11. The maximum absolute atomic E-state index is 12.3. The van der Waals surface area contributed by atoms with E-state index in [0.717, 1.165) is 19.7 Å². The number of hydrogen-bond donors (Lipinski definition) is 1. The van der Waals surface area contributed by atoms with E-state index in [0.29, 0.717) is 22.0 Å². The van der Waals surface area contributed by atoms with Gasteiger partial charge in [0.05, 0.1) is 17.7 Å². The van der Waals surface area contributed by atoms with Crippen molar-refractivity contribution < 1.29 is 13.2 Å². The van der Waals surface area contributed by atoms with Crippen molar-refractivity contribution in [3.8, 4) is 0 Å². The Labute approximate surface area is 177 Å². The van der Waals surface area contributed by atoms with Gasteiger partial charge in [0, 0.05) is 8.59 Å². The number of hydrazone groups is 1. The van der Waals surface area contributed by atoms with Crippen LogP contribution in [-0.2, 0) is 14.8 Å². The first-order valence-corrected chi connectivity index (χ1v) is 11.2. The predicted octanol–water partition coefficient (Wildman–Crippen LogP) is 3.56. The van der Waals surface area contributed by atoms with Crippen LogP contribution in [0.5, 0.6) is 0 Å². The van der Waals surface area contributed by atoms with E-state index in [-0.39, 0.29) is 0 Å². The van der Waals surface area contributed by atoms with Crippen molar-refractivity contribution in [2.45, 2.75) is 13.8 Å². The molecule has 2 aromatic rings. The van der Waals surface area contributed by atoms with Gasteiger partial charge in [-0.25, -0.2) is 13.8 Å². The Morgan fingerprint density at radius 3 is 2.44 bits per heavy atom. The van der Waals surface area contributed by atoms with Crippen LogP contribution in [0, 0.1) is 10.5 Å². The second-order valence-electron chi connectivity index (χ2n) is 5.94. The van der Waals surface area contributed by atoms with Crippen LogP contribution in [0.15, 0.2) is 47.6 Å². The standard InChI is InChI=1S/C18H19ClIN3O3S/c1-12-4-7-15(19)10-17(12)23(27(3,25)26)11-18(24)22-21-13(2)14-5-8-16(20)9-6-14/h4-10H,11H2,1-3H3,(H,22,24)/b21-13-. The van der Waals surface area contributed by atoms with Crippen molar-refractivity contribution in [1.82, 2.24) is 5.43 Å². The third-order valence-corrected chi connectivity index (χ3v) is 5.82. The van der Waals surface area contributed by atoms with E-state index in [9.17, 15) is 13.2 Å². The Kier molecular flexibility index (Phi) is 7.24. The van der Waals surface area contributed by atoms with Crippen molar-refractivity contribution in [2.75, 3.05) is 17.1 Å². The summed E-state index contributed by atoms with van der Waals surface area (Å²) in [5.41, 5.74) is 4.94. The molecular weight excluding hydrogens is 501 g/mol. The molecule has 1 N–H and O–H groups in total. The van der Waals surface area contributed by atoms with E-state index in [2.05, 4.69) is 33.1 Å². The molecule has 0 heterocycles. The average Bonchev–Trinajstić information content (AvgIpc) is 2.59. The fourth-order valence-corrected chi connectivity index (χ4v) is 3.73. The summed E-state index contributed by atoms with van der Waals surface area (Å²) in [4.78, 5) is 12.3. The van der Waals surface area contributed by atoms with Crippen LogP contribution in [-0.4, -0.2) is 32.8 Å². The number of halogens is 2. The molecule has 0 fully saturated rings. The number of carbonyl (C=O) groups excluding carboxylic acids is 1. The van der Waals surface area contributed by atoms with Crippen LogP contribution in [0.4, 0.5) is 5.69 Å². The van der Waals surface area contributed by atoms with Gasteiger partial charge in [-0.2, -0.15) is 5.10 Å². The summed E-state index contributed by atoms with van der Waals surface area (Å²) >= 11 is 8.19. The van der Waals surface area contributed by atoms with Gasteiger partial charge in [-0.05, 0) is 71.8 Å². The van der Waals surface area contributed by atoms with E-state index < -0.39 is 22.5 Å². The summed E-state index contributed by atoms with van der Waals surface area (Å²) in [6, 6.07) is 12.5. The van der Waals surface area contributed by atoms with Gasteiger partial charge in [0.1, 0.15) is 6.54 Å². The summed E-state index contributed by atoms with van der Waals surface area (Å²) in [5, 5.41) is 4.45. The van der Waals surface area contributed by atoms with Crippen molar-refractivity contribution in [1.29, 1.82) is 0 Å². The number of nitrogens with zero attached hydrogens (tertiary/aromatic N) is 2. The molecule has 27 heavy (non-hydrogen) atoms. The Morgan fingerprint density at radius 2 is 1.85 bits per heavy atom. The second kappa shape index (κ2) is 9.03. The molecule has 0 spiro atoms. The number of carbonyl (C=O) groups is 1. The third-order valence-electron chi connectivity index (χ3n) is 3.74. The molecule has 0 aliphatic rings. The molecule has 0 aliphatic heterocycles. The number of hydrogen-bond acceptors (Lipinski definition) is 4. The SMILES string of the molecule is C/C(=N/NC(=O)CN(c1cc(Cl)ccc1C)S(C)(=O)=O)c1ccc(I)cc1. The summed E-state index contributed by atoms with van der Waals surface area (Å²) in [6.07, 6.45) is 1.04. The van der Waals surface area contributed by atoms with Crippen molar-refractivity contribution in [2.24, 2.45) is 5.10 Å². The van der Waals surface area contributed by atoms with Crippen molar-refractivity contribution in [3.05, 3.63) is 62.2 Å². The predicted molar refractivity (Wildman–Crippen MR) is 118 cm³/mol. The molecule has 0 bridgehead atoms. The smallest absolute Gasteiger partial charge is 0.260 e. The number of amides is 1. The van der Waals surface area contributed by atoms with Gasteiger partial charge in [0.25, 0.3) is 5.91 Å². The summed E-state index contributed by atoms with van der Waals surface area (Å²) < 4.78 is 26.5. The van der Waals surface area contributed by atoms with Gasteiger partial charge in [-0.15, -0.1) is 0 Å². The highest BCUT2D eigenvalue weighted by molar-refractivity contribution is 14.1. The molecule has 144 valence electrons. The fourth-order valence-electron chi connectivity index (χ4n) is 2.30. The zero-order valence-electron chi connectivity index (χ0n) is 15.0. The first-order valence-electron chi connectivity index (χ1n) is 7.91. The third kappa shape index (κ3) is 6.18. The Bertz CT molecular complexity index is 976. The lowest BCUT2D eigenvalue weighted by Crippen LogP contribution is -2.39. The van der Waals surface area contributed by atoms with E-state index in [4.69, 9.17) is 11.6 Å². The second-order valence-corrected chi connectivity index (χ2v) is 9.53. The van der Waals surface area contributed by atoms with Crippen LogP contribution < -0.4 is 9.73 Å². The van der Waals surface area contributed by atoms with Crippen LogP contribution in [0.3, 0.4) is 0 Å². The number of rotatable bonds is 6. The summed E-state index contributed by atoms with van der Waals surface area (Å²) in [5.74, 6) is -0.551. The number of nitrogens with one attached hydrogen (secondary N) is 1. The highest BCUT2D eigenvalue weighted by atomic mass is 127. The molecule has 0 aliphatic carbocycles. The van der Waals surface area contributed by atoms with E-state index in [1.807, 2.05) is 24.3 Å². The topological polar surface area (TPSA) is 78.8 Å². The maximum atomic E-state index is 12.3. The minimum absolute atomic E-state index is 0.360. The lowest BCUT2D eigenvalue weighted by atomic mass is 10.1. The molecule has 1 amide bonds. The Hall–Kier alpha value is -1.65. The maximum Gasteiger partial charge on any atom is 0.260 e. The fraction of sp³-hybridized carbons (Fsp3) is 0.222. The minimum atomic E-state index is -3.68. The van der Waals surface area contributed by atoms with Gasteiger partial charge in [-0.1, -0.05) is 29.8 Å². The molecule has 0 saturated heterocycles. The van der Waals surface area contributed by atoms with Crippen LogP contribution in [0.25, 0.3) is 0 Å². The molecular formula is C18H19ClIN3O3S. The van der Waals surface area contributed by atoms with Crippen molar-refractivity contribution >= 4 is 61.5 Å². The molecule has 0 saturated carbocycles. The number of benzene rings is 2. The zero-order chi connectivity index (χ0) is 20.2. The van der Waals surface area contributed by atoms with Gasteiger partial charge in [0.2, 0.25) is 10.0 Å². The zero-order valence-corrected chi connectivity index (χ0v) is 18.8. The minimum Gasteiger partial charge on any atom is -0.271 e. The first kappa shape index (κ1) is 21.6. The monoisotopic (exact) mass is 519 g/mol. The molecule has 2 rings (SSSR count). The lowest BCUT2D eigenvalue weighted by Gasteiger charge is -2.23. The quantitative estimate of drug-likeness (QED) is 0.360. The number of aryl methyl sites for hydroxylation is 1. The number of anilines is 1. The van der Waals surface area contributed by atoms with Gasteiger partial charge < -0.3 is 0 Å². The molecule has 2 aromatic carbocycles. The molecule has 6 nitrogen and oxygen atoms in total. The Morgan fingerprint density at radius 1 is 1.22 bits per heavy atom. The molecule has 0 aromatic heterocycles. The van der Waals surface area contributed by atoms with E-state index in [1.54, 1.807) is 26.0 Å². The van der Waals surface area contributed by atoms with E-state index in [1.165, 1.54) is 6.07 Å². The lowest BCUT2D eigenvalue weighted by molar-refractivity contribution is -0.119. The summed E-state index contributed by atoms with van der Waals surface area (Å²) in [7, 11) is -3.68.